The van der Waals surface area contributed by atoms with Crippen molar-refractivity contribution in [1.82, 2.24) is 0 Å². The number of hydrogen-bond donors (Lipinski definition) is 1. The van der Waals surface area contributed by atoms with Gasteiger partial charge in [-0.15, -0.1) is 0 Å². The molecule has 2 N–H and O–H groups in total. The van der Waals surface area contributed by atoms with Crippen LogP contribution in [0.4, 0.5) is 5.69 Å². The molecular weight excluding hydrogens is 246 g/mol. The van der Waals surface area contributed by atoms with Crippen LogP contribution >= 0.6 is 11.6 Å². The number of benzene rings is 2. The molecular formula is C15H14ClNO. The molecule has 0 atom stereocenters. The Morgan fingerprint density at radius 1 is 1.11 bits per heavy atom. The van der Waals surface area contributed by atoms with Crippen molar-refractivity contribution in [1.29, 1.82) is 0 Å². The van der Waals surface area contributed by atoms with E-state index in [4.69, 9.17) is 22.1 Å². The minimum atomic E-state index is 0.685. The Balaban J connectivity index is 2.06. The lowest BCUT2D eigenvalue weighted by Gasteiger charge is -2.18. The molecule has 0 spiro atoms. The standard InChI is InChI=1S/C15H14ClNO/c16-14-9-12(17)4-5-13(14)10-3-6-15-11(8-10)2-1-7-18-15/h3-6,8-9H,1-2,7,17H2. The fourth-order valence-corrected chi connectivity index (χ4v) is 2.59. The zero-order valence-corrected chi connectivity index (χ0v) is 10.7. The van der Waals surface area contributed by atoms with E-state index in [0.717, 1.165) is 36.3 Å². The first-order valence-corrected chi connectivity index (χ1v) is 6.43. The quantitative estimate of drug-likeness (QED) is 0.788. The summed E-state index contributed by atoms with van der Waals surface area (Å²) in [5.41, 5.74) is 9.78. The van der Waals surface area contributed by atoms with Gasteiger partial charge >= 0.3 is 0 Å². The zero-order valence-electron chi connectivity index (χ0n) is 9.95. The van der Waals surface area contributed by atoms with Gasteiger partial charge < -0.3 is 10.5 Å². The molecule has 3 rings (SSSR count). The summed E-state index contributed by atoms with van der Waals surface area (Å²) in [6, 6.07) is 11.8. The third-order valence-corrected chi connectivity index (χ3v) is 3.53. The molecule has 1 heterocycles. The van der Waals surface area contributed by atoms with Crippen LogP contribution < -0.4 is 10.5 Å². The summed E-state index contributed by atoms with van der Waals surface area (Å²) >= 11 is 6.24. The van der Waals surface area contributed by atoms with Crippen molar-refractivity contribution in [3.8, 4) is 16.9 Å². The van der Waals surface area contributed by atoms with Crippen LogP contribution in [0, 0.1) is 0 Å². The molecule has 2 aromatic rings. The molecule has 2 aromatic carbocycles. The highest BCUT2D eigenvalue weighted by molar-refractivity contribution is 6.33. The first kappa shape index (κ1) is 11.4. The van der Waals surface area contributed by atoms with Crippen LogP contribution in [-0.2, 0) is 6.42 Å². The molecule has 1 aliphatic rings. The first-order chi connectivity index (χ1) is 8.74. The predicted octanol–water partition coefficient (Wildman–Crippen LogP) is 3.91. The van der Waals surface area contributed by atoms with Gasteiger partial charge in [0.15, 0.2) is 0 Å². The van der Waals surface area contributed by atoms with Gasteiger partial charge in [-0.25, -0.2) is 0 Å². The summed E-state index contributed by atoms with van der Waals surface area (Å²) in [4.78, 5) is 0. The zero-order chi connectivity index (χ0) is 12.5. The van der Waals surface area contributed by atoms with Gasteiger partial charge in [0, 0.05) is 11.3 Å². The van der Waals surface area contributed by atoms with E-state index in [1.165, 1.54) is 5.56 Å². The Hall–Kier alpha value is -1.67. The Morgan fingerprint density at radius 3 is 2.83 bits per heavy atom. The van der Waals surface area contributed by atoms with Gasteiger partial charge in [0.25, 0.3) is 0 Å². The summed E-state index contributed by atoms with van der Waals surface area (Å²) in [5, 5.41) is 0.687. The minimum absolute atomic E-state index is 0.685. The van der Waals surface area contributed by atoms with Gasteiger partial charge in [-0.1, -0.05) is 23.7 Å². The molecule has 0 radical (unpaired) electrons. The maximum atomic E-state index is 6.24. The second-order valence-corrected chi connectivity index (χ2v) is 4.92. The van der Waals surface area contributed by atoms with Gasteiger partial charge in [-0.3, -0.25) is 0 Å². The maximum Gasteiger partial charge on any atom is 0.122 e. The highest BCUT2D eigenvalue weighted by atomic mass is 35.5. The summed E-state index contributed by atoms with van der Waals surface area (Å²) in [6.07, 6.45) is 2.14. The molecule has 0 unspecified atom stereocenters. The van der Waals surface area contributed by atoms with Crippen LogP contribution in [0.1, 0.15) is 12.0 Å². The molecule has 0 bridgehead atoms. The number of halogens is 1. The van der Waals surface area contributed by atoms with Crippen LogP contribution in [0.5, 0.6) is 5.75 Å². The van der Waals surface area contributed by atoms with E-state index < -0.39 is 0 Å². The van der Waals surface area contributed by atoms with Gasteiger partial charge in [-0.2, -0.15) is 0 Å². The van der Waals surface area contributed by atoms with Gasteiger partial charge in [0.05, 0.1) is 11.6 Å². The van der Waals surface area contributed by atoms with Crippen molar-refractivity contribution in [2.45, 2.75) is 12.8 Å². The molecule has 92 valence electrons. The number of ether oxygens (including phenoxy) is 1. The summed E-state index contributed by atoms with van der Waals surface area (Å²) < 4.78 is 5.61. The Labute approximate surface area is 111 Å². The van der Waals surface area contributed by atoms with E-state index in [9.17, 15) is 0 Å². The van der Waals surface area contributed by atoms with E-state index in [1.54, 1.807) is 6.07 Å². The van der Waals surface area contributed by atoms with Crippen molar-refractivity contribution < 1.29 is 4.74 Å². The lowest BCUT2D eigenvalue weighted by molar-refractivity contribution is 0.288. The number of nitrogens with two attached hydrogens (primary N) is 1. The molecule has 0 saturated heterocycles. The fraction of sp³-hybridized carbons (Fsp3) is 0.200. The van der Waals surface area contributed by atoms with Crippen molar-refractivity contribution >= 4 is 17.3 Å². The Kier molecular flexibility index (Phi) is 2.88. The molecule has 2 nitrogen and oxygen atoms in total. The number of hydrogen-bond acceptors (Lipinski definition) is 2. The van der Waals surface area contributed by atoms with Crippen molar-refractivity contribution in [3.05, 3.63) is 47.0 Å². The molecule has 3 heteroatoms. The second kappa shape index (κ2) is 4.54. The van der Waals surface area contributed by atoms with E-state index in [-0.39, 0.29) is 0 Å². The third kappa shape index (κ3) is 2.04. The number of nitrogen functional groups attached to an aromatic ring is 1. The Morgan fingerprint density at radius 2 is 2.00 bits per heavy atom. The second-order valence-electron chi connectivity index (χ2n) is 4.51. The smallest absolute Gasteiger partial charge is 0.122 e. The van der Waals surface area contributed by atoms with E-state index in [1.807, 2.05) is 24.3 Å². The number of rotatable bonds is 1. The lowest BCUT2D eigenvalue weighted by Crippen LogP contribution is -2.08. The highest BCUT2D eigenvalue weighted by Gasteiger charge is 2.12. The normalized spacial score (nSPS) is 13.8. The number of fused-ring (bicyclic) bond motifs is 1. The maximum absolute atomic E-state index is 6.24. The van der Waals surface area contributed by atoms with Crippen LogP contribution in [0.3, 0.4) is 0 Å². The van der Waals surface area contributed by atoms with Crippen LogP contribution in [-0.4, -0.2) is 6.61 Å². The van der Waals surface area contributed by atoms with Crippen LogP contribution in [0.15, 0.2) is 36.4 Å². The molecule has 1 aliphatic heterocycles. The van der Waals surface area contributed by atoms with Crippen molar-refractivity contribution in [2.75, 3.05) is 12.3 Å². The molecule has 0 aromatic heterocycles. The highest BCUT2D eigenvalue weighted by Crippen LogP contribution is 2.34. The average Bonchev–Trinajstić information content (AvgIpc) is 2.38. The number of anilines is 1. The van der Waals surface area contributed by atoms with Crippen molar-refractivity contribution in [3.63, 3.8) is 0 Å². The van der Waals surface area contributed by atoms with E-state index in [2.05, 4.69) is 6.07 Å². The summed E-state index contributed by atoms with van der Waals surface area (Å²) in [6.45, 7) is 0.814. The summed E-state index contributed by atoms with van der Waals surface area (Å²) in [5.74, 6) is 0.997. The van der Waals surface area contributed by atoms with E-state index in [0.29, 0.717) is 10.7 Å². The summed E-state index contributed by atoms with van der Waals surface area (Å²) in [7, 11) is 0. The predicted molar refractivity (Wildman–Crippen MR) is 75.1 cm³/mol. The SMILES string of the molecule is Nc1ccc(-c2ccc3c(c2)CCCO3)c(Cl)c1. The number of aryl methyl sites for hydroxylation is 1. The third-order valence-electron chi connectivity index (χ3n) is 3.21. The first-order valence-electron chi connectivity index (χ1n) is 6.05. The fourth-order valence-electron chi connectivity index (χ4n) is 2.29. The minimum Gasteiger partial charge on any atom is -0.493 e. The van der Waals surface area contributed by atoms with Crippen molar-refractivity contribution in [2.24, 2.45) is 0 Å². The molecule has 0 fully saturated rings. The Bertz CT molecular complexity index is 595. The topological polar surface area (TPSA) is 35.2 Å². The largest absolute Gasteiger partial charge is 0.493 e. The monoisotopic (exact) mass is 259 g/mol. The molecule has 18 heavy (non-hydrogen) atoms. The molecule has 0 amide bonds. The van der Waals surface area contributed by atoms with Gasteiger partial charge in [0.2, 0.25) is 0 Å². The molecule has 0 saturated carbocycles. The van der Waals surface area contributed by atoms with Crippen LogP contribution in [0.25, 0.3) is 11.1 Å². The van der Waals surface area contributed by atoms with E-state index >= 15 is 0 Å². The van der Waals surface area contributed by atoms with Gasteiger partial charge in [-0.05, 0) is 48.2 Å². The van der Waals surface area contributed by atoms with Gasteiger partial charge in [0.1, 0.15) is 5.75 Å². The lowest BCUT2D eigenvalue weighted by atomic mass is 9.99. The molecule has 0 aliphatic carbocycles. The van der Waals surface area contributed by atoms with Crippen LogP contribution in [0.2, 0.25) is 5.02 Å². The average molecular weight is 260 g/mol.